The topological polar surface area (TPSA) is 91.4 Å². The lowest BCUT2D eigenvalue weighted by atomic mass is 10.1. The number of halogens is 1. The van der Waals surface area contributed by atoms with E-state index in [0.717, 1.165) is 16.9 Å². The predicted octanol–water partition coefficient (Wildman–Crippen LogP) is 4.90. The second kappa shape index (κ2) is 11.5. The summed E-state index contributed by atoms with van der Waals surface area (Å²) in [5.41, 5.74) is 2.66. The van der Waals surface area contributed by atoms with Gasteiger partial charge in [-0.25, -0.2) is 9.07 Å². The molecule has 5 aromatic rings. The Morgan fingerprint density at radius 2 is 1.78 bits per heavy atom. The van der Waals surface area contributed by atoms with Crippen LogP contribution in [-0.2, 0) is 17.8 Å². The molecule has 0 saturated carbocycles. The van der Waals surface area contributed by atoms with Crippen LogP contribution in [0.5, 0.6) is 5.75 Å². The summed E-state index contributed by atoms with van der Waals surface area (Å²) in [5, 5.41) is 11.8. The van der Waals surface area contributed by atoms with Crippen molar-refractivity contribution in [2.45, 2.75) is 13.1 Å². The number of rotatable bonds is 11. The SMILES string of the molecule is O=c1cc(-c2ccc(OCCOCCn3cc(CNc4ccccc4)nn3)cc2)oc2ccc(F)cc12. The zero-order valence-corrected chi connectivity index (χ0v) is 20.0. The molecule has 37 heavy (non-hydrogen) atoms. The lowest BCUT2D eigenvalue weighted by Crippen LogP contribution is -2.11. The predicted molar refractivity (Wildman–Crippen MR) is 138 cm³/mol. The monoisotopic (exact) mass is 500 g/mol. The Morgan fingerprint density at radius 3 is 2.62 bits per heavy atom. The van der Waals surface area contributed by atoms with Crippen LogP contribution in [0, 0.1) is 5.82 Å². The quantitative estimate of drug-likeness (QED) is 0.258. The van der Waals surface area contributed by atoms with E-state index in [-0.39, 0.29) is 10.8 Å². The Balaban J connectivity index is 1.04. The third-order valence-electron chi connectivity index (χ3n) is 5.62. The highest BCUT2D eigenvalue weighted by atomic mass is 19.1. The number of nitrogens with one attached hydrogen (secondary N) is 1. The highest BCUT2D eigenvalue weighted by molar-refractivity contribution is 5.78. The number of hydrogen-bond donors (Lipinski definition) is 1. The van der Waals surface area contributed by atoms with Gasteiger partial charge in [-0.2, -0.15) is 0 Å². The van der Waals surface area contributed by atoms with E-state index >= 15 is 0 Å². The Bertz CT molecular complexity index is 1520. The maximum atomic E-state index is 13.4. The molecule has 0 atom stereocenters. The van der Waals surface area contributed by atoms with Crippen molar-refractivity contribution < 1.29 is 18.3 Å². The number of fused-ring (bicyclic) bond motifs is 1. The van der Waals surface area contributed by atoms with Gasteiger partial charge in [-0.1, -0.05) is 23.4 Å². The molecule has 188 valence electrons. The minimum absolute atomic E-state index is 0.216. The van der Waals surface area contributed by atoms with E-state index in [4.69, 9.17) is 13.9 Å². The second-order valence-electron chi connectivity index (χ2n) is 8.29. The van der Waals surface area contributed by atoms with Gasteiger partial charge >= 0.3 is 0 Å². The molecular weight excluding hydrogens is 475 g/mol. The van der Waals surface area contributed by atoms with Crippen LogP contribution in [0.4, 0.5) is 10.1 Å². The minimum atomic E-state index is -0.474. The van der Waals surface area contributed by atoms with E-state index < -0.39 is 5.82 Å². The molecule has 0 spiro atoms. The summed E-state index contributed by atoms with van der Waals surface area (Å²) in [7, 11) is 0. The summed E-state index contributed by atoms with van der Waals surface area (Å²) in [6, 6.07) is 22.4. The number of aromatic nitrogens is 3. The molecule has 0 radical (unpaired) electrons. The van der Waals surface area contributed by atoms with E-state index in [1.807, 2.05) is 36.5 Å². The number of para-hydroxylation sites is 1. The van der Waals surface area contributed by atoms with Crippen molar-refractivity contribution in [1.82, 2.24) is 15.0 Å². The number of benzene rings is 3. The largest absolute Gasteiger partial charge is 0.491 e. The van der Waals surface area contributed by atoms with Gasteiger partial charge in [0.15, 0.2) is 5.43 Å². The van der Waals surface area contributed by atoms with Crippen molar-refractivity contribution >= 4 is 16.7 Å². The zero-order valence-electron chi connectivity index (χ0n) is 20.0. The van der Waals surface area contributed by atoms with Crippen LogP contribution in [0.3, 0.4) is 0 Å². The molecule has 0 fully saturated rings. The Labute approximate surface area is 212 Å². The van der Waals surface area contributed by atoms with Crippen molar-refractivity contribution in [2.75, 3.05) is 25.1 Å². The molecule has 2 aromatic heterocycles. The van der Waals surface area contributed by atoms with Crippen LogP contribution in [0.2, 0.25) is 0 Å². The molecule has 1 N–H and O–H groups in total. The van der Waals surface area contributed by atoms with Crippen LogP contribution >= 0.6 is 0 Å². The number of hydrogen-bond acceptors (Lipinski definition) is 7. The molecule has 0 bridgehead atoms. The normalized spacial score (nSPS) is 11.1. The van der Waals surface area contributed by atoms with E-state index in [1.165, 1.54) is 24.3 Å². The summed E-state index contributed by atoms with van der Waals surface area (Å²) in [6.07, 6.45) is 1.90. The maximum absolute atomic E-state index is 13.4. The zero-order chi connectivity index (χ0) is 25.5. The average molecular weight is 501 g/mol. The molecule has 0 unspecified atom stereocenters. The lowest BCUT2D eigenvalue weighted by Gasteiger charge is -2.08. The molecule has 0 aliphatic heterocycles. The van der Waals surface area contributed by atoms with E-state index in [0.29, 0.717) is 50.0 Å². The Kier molecular flexibility index (Phi) is 7.52. The van der Waals surface area contributed by atoms with Crippen molar-refractivity contribution in [3.05, 3.63) is 107 Å². The first kappa shape index (κ1) is 24.2. The highest BCUT2D eigenvalue weighted by Gasteiger charge is 2.08. The molecule has 0 aliphatic rings. The third-order valence-corrected chi connectivity index (χ3v) is 5.62. The number of anilines is 1. The Hall–Kier alpha value is -4.50. The van der Waals surface area contributed by atoms with E-state index in [9.17, 15) is 9.18 Å². The van der Waals surface area contributed by atoms with Gasteiger partial charge in [-0.05, 0) is 54.6 Å². The molecule has 8 nitrogen and oxygen atoms in total. The molecule has 5 rings (SSSR count). The fourth-order valence-electron chi connectivity index (χ4n) is 3.74. The van der Waals surface area contributed by atoms with Gasteiger partial charge in [0.2, 0.25) is 0 Å². The van der Waals surface area contributed by atoms with Gasteiger partial charge < -0.3 is 19.2 Å². The van der Waals surface area contributed by atoms with Crippen molar-refractivity contribution in [3.8, 4) is 17.1 Å². The van der Waals surface area contributed by atoms with Crippen LogP contribution in [0.25, 0.3) is 22.3 Å². The van der Waals surface area contributed by atoms with Crippen molar-refractivity contribution in [3.63, 3.8) is 0 Å². The van der Waals surface area contributed by atoms with E-state index in [2.05, 4.69) is 15.6 Å². The molecular formula is C28H25FN4O4. The van der Waals surface area contributed by atoms with Crippen molar-refractivity contribution in [1.29, 1.82) is 0 Å². The molecule has 0 aliphatic carbocycles. The van der Waals surface area contributed by atoms with Gasteiger partial charge in [-0.15, -0.1) is 5.10 Å². The highest BCUT2D eigenvalue weighted by Crippen LogP contribution is 2.24. The Morgan fingerprint density at radius 1 is 0.946 bits per heavy atom. The van der Waals surface area contributed by atoms with Crippen LogP contribution in [0.15, 0.2) is 94.3 Å². The van der Waals surface area contributed by atoms with Gasteiger partial charge in [0.05, 0.1) is 37.9 Å². The van der Waals surface area contributed by atoms with Gasteiger partial charge in [-0.3, -0.25) is 4.79 Å². The van der Waals surface area contributed by atoms with Gasteiger partial charge in [0, 0.05) is 17.3 Å². The lowest BCUT2D eigenvalue weighted by molar-refractivity contribution is 0.0923. The molecule has 9 heteroatoms. The first-order chi connectivity index (χ1) is 18.1. The first-order valence-corrected chi connectivity index (χ1v) is 11.9. The molecule has 0 saturated heterocycles. The standard InChI is InChI=1S/C28H25FN4O4/c29-21-8-11-27-25(16-21)26(34)17-28(37-27)20-6-9-24(10-7-20)36-15-14-35-13-12-33-19-23(31-32-33)18-30-22-4-2-1-3-5-22/h1-11,16-17,19,30H,12-15,18H2. The summed E-state index contributed by atoms with van der Waals surface area (Å²) in [5.74, 6) is 0.605. The molecule has 3 aromatic carbocycles. The summed E-state index contributed by atoms with van der Waals surface area (Å²) >= 11 is 0. The second-order valence-corrected chi connectivity index (χ2v) is 8.29. The number of nitrogens with zero attached hydrogens (tertiary/aromatic N) is 3. The summed E-state index contributed by atoms with van der Waals surface area (Å²) < 4.78 is 32.3. The fourth-order valence-corrected chi connectivity index (χ4v) is 3.74. The van der Waals surface area contributed by atoms with Crippen molar-refractivity contribution in [2.24, 2.45) is 0 Å². The van der Waals surface area contributed by atoms with E-state index in [1.54, 1.807) is 28.9 Å². The summed E-state index contributed by atoms with van der Waals surface area (Å²) in [6.45, 7) is 2.50. The van der Waals surface area contributed by atoms with Crippen LogP contribution in [0.1, 0.15) is 5.69 Å². The van der Waals surface area contributed by atoms with Crippen LogP contribution < -0.4 is 15.5 Å². The molecule has 0 amide bonds. The third kappa shape index (κ3) is 6.39. The van der Waals surface area contributed by atoms with Crippen LogP contribution in [-0.4, -0.2) is 34.8 Å². The fraction of sp³-hybridized carbons (Fsp3) is 0.179. The average Bonchev–Trinajstić information content (AvgIpc) is 3.38. The van der Waals surface area contributed by atoms with Gasteiger partial charge in [0.25, 0.3) is 0 Å². The summed E-state index contributed by atoms with van der Waals surface area (Å²) in [4.78, 5) is 12.3. The minimum Gasteiger partial charge on any atom is -0.491 e. The smallest absolute Gasteiger partial charge is 0.193 e. The van der Waals surface area contributed by atoms with Gasteiger partial charge in [0.1, 0.15) is 35.2 Å². The number of ether oxygens (including phenoxy) is 2. The maximum Gasteiger partial charge on any atom is 0.193 e. The first-order valence-electron chi connectivity index (χ1n) is 11.9. The molecule has 2 heterocycles.